The molecule has 2 nitrogen and oxygen atoms in total. The lowest BCUT2D eigenvalue weighted by Crippen LogP contribution is -2.14. The van der Waals surface area contributed by atoms with Crippen molar-refractivity contribution in [3.63, 3.8) is 0 Å². The maximum Gasteiger partial charge on any atom is 0.349 e. The number of halogens is 5. The molecule has 0 saturated carbocycles. The van der Waals surface area contributed by atoms with Crippen molar-refractivity contribution in [2.24, 2.45) is 0 Å². The number of carbonyl (C=O) groups is 1. The normalized spacial score (nSPS) is 10.2. The van der Waals surface area contributed by atoms with E-state index < -0.39 is 46.4 Å². The maximum absolute atomic E-state index is 14.3. The van der Waals surface area contributed by atoms with Gasteiger partial charge in [-0.25, -0.2) is 26.7 Å². The van der Waals surface area contributed by atoms with E-state index in [1.54, 1.807) is 24.3 Å². The van der Waals surface area contributed by atoms with Crippen LogP contribution < -0.4 is 4.74 Å². The first-order valence-corrected chi connectivity index (χ1v) is 8.69. The van der Waals surface area contributed by atoms with Gasteiger partial charge < -0.3 is 4.74 Å². The molecule has 3 aromatic rings. The number of ether oxygens (including phenoxy) is 1. The van der Waals surface area contributed by atoms with E-state index in [1.165, 1.54) is 0 Å². The smallest absolute Gasteiger partial charge is 0.349 e. The minimum absolute atomic E-state index is 0.195. The molecule has 3 rings (SSSR count). The highest BCUT2D eigenvalue weighted by Crippen LogP contribution is 2.26. The van der Waals surface area contributed by atoms with Crippen LogP contribution in [0.5, 0.6) is 5.75 Å². The fourth-order valence-corrected chi connectivity index (χ4v) is 2.43. The van der Waals surface area contributed by atoms with E-state index in [0.29, 0.717) is 17.7 Å². The summed E-state index contributed by atoms with van der Waals surface area (Å²) < 4.78 is 72.4. The molecule has 0 spiro atoms. The van der Waals surface area contributed by atoms with Crippen LogP contribution in [0.2, 0.25) is 0 Å². The molecule has 29 heavy (non-hydrogen) atoms. The third-order valence-corrected chi connectivity index (χ3v) is 3.80. The number of carbonyl (C=O) groups excluding carboxylic acids is 1. The van der Waals surface area contributed by atoms with Crippen molar-refractivity contribution in [2.45, 2.75) is 20.8 Å². The molecular weight excluding hydrogens is 391 g/mol. The summed E-state index contributed by atoms with van der Waals surface area (Å²) >= 11 is 0. The van der Waals surface area contributed by atoms with Crippen molar-refractivity contribution in [3.8, 4) is 16.9 Å². The van der Waals surface area contributed by atoms with Crippen LogP contribution in [0, 0.1) is 36.0 Å². The Balaban J connectivity index is 0.00000145. The van der Waals surface area contributed by atoms with E-state index in [9.17, 15) is 26.7 Å². The Morgan fingerprint density at radius 1 is 0.724 bits per heavy atom. The number of aryl methyl sites for hydroxylation is 1. The second kappa shape index (κ2) is 9.32. The van der Waals surface area contributed by atoms with E-state index in [1.807, 2.05) is 20.8 Å². The third kappa shape index (κ3) is 4.99. The monoisotopic (exact) mass is 408 g/mol. The quantitative estimate of drug-likeness (QED) is 0.211. The van der Waals surface area contributed by atoms with Gasteiger partial charge in [-0.15, -0.1) is 0 Å². The Labute approximate surface area is 164 Å². The highest BCUT2D eigenvalue weighted by Gasteiger charge is 2.22. The fourth-order valence-electron chi connectivity index (χ4n) is 2.43. The molecule has 0 aromatic heterocycles. The van der Waals surface area contributed by atoms with E-state index in [0.717, 1.165) is 17.7 Å². The van der Waals surface area contributed by atoms with Crippen molar-refractivity contribution < 1.29 is 31.5 Å². The molecule has 0 saturated heterocycles. The molecule has 0 aliphatic heterocycles. The fraction of sp³-hybridized carbons (Fsp3) is 0.136. The van der Waals surface area contributed by atoms with Crippen LogP contribution in [0.1, 0.15) is 29.8 Å². The minimum atomic E-state index is -1.75. The lowest BCUT2D eigenvalue weighted by Gasteiger charge is -2.09. The lowest BCUT2D eigenvalue weighted by molar-refractivity contribution is 0.0723. The Morgan fingerprint density at radius 2 is 1.21 bits per heavy atom. The Morgan fingerprint density at radius 3 is 1.69 bits per heavy atom. The van der Waals surface area contributed by atoms with Gasteiger partial charge in [-0.3, -0.25) is 0 Å². The molecule has 0 aliphatic rings. The molecule has 0 aliphatic carbocycles. The molecule has 3 aromatic carbocycles. The van der Waals surface area contributed by atoms with Gasteiger partial charge in [0.15, 0.2) is 17.5 Å². The average molecular weight is 408 g/mol. The molecular formula is C22H17F5O2. The van der Waals surface area contributed by atoms with Crippen LogP contribution in [0.4, 0.5) is 22.0 Å². The SMILES string of the molecule is CC.Cc1ccc(-c2cc(F)c(C(=O)Oc3cc(F)c(F)c(F)c3)c(F)c2)cc1. The zero-order chi connectivity index (χ0) is 21.7. The first kappa shape index (κ1) is 22.1. The lowest BCUT2D eigenvalue weighted by atomic mass is 10.0. The minimum Gasteiger partial charge on any atom is -0.423 e. The van der Waals surface area contributed by atoms with Crippen LogP contribution in [0.25, 0.3) is 11.1 Å². The van der Waals surface area contributed by atoms with Crippen LogP contribution in [-0.2, 0) is 0 Å². The second-order valence-corrected chi connectivity index (χ2v) is 5.77. The zero-order valence-electron chi connectivity index (χ0n) is 15.8. The van der Waals surface area contributed by atoms with E-state index in [-0.39, 0.29) is 5.56 Å². The summed E-state index contributed by atoms with van der Waals surface area (Å²) in [5, 5.41) is 0. The molecule has 0 atom stereocenters. The molecule has 152 valence electrons. The summed E-state index contributed by atoms with van der Waals surface area (Å²) in [5.74, 6) is -9.61. The standard InChI is InChI=1S/C20H11F5O2.C2H6/c1-10-2-4-11(5-3-10)12-6-14(21)18(15(22)7-12)20(26)27-13-8-16(23)19(25)17(24)9-13;1-2/h2-9H,1H3;1-2H3. The van der Waals surface area contributed by atoms with Gasteiger partial charge in [-0.2, -0.15) is 0 Å². The molecule has 0 amide bonds. The van der Waals surface area contributed by atoms with Crippen LogP contribution >= 0.6 is 0 Å². The van der Waals surface area contributed by atoms with Crippen LogP contribution in [0.3, 0.4) is 0 Å². The summed E-state index contributed by atoms with van der Waals surface area (Å²) in [5.41, 5.74) is 0.649. The maximum atomic E-state index is 14.3. The topological polar surface area (TPSA) is 26.3 Å². The number of benzene rings is 3. The summed E-state index contributed by atoms with van der Waals surface area (Å²) in [4.78, 5) is 12.0. The molecule has 7 heteroatoms. The third-order valence-electron chi connectivity index (χ3n) is 3.80. The molecule has 0 fully saturated rings. The predicted molar refractivity (Wildman–Crippen MR) is 99.2 cm³/mol. The molecule has 0 radical (unpaired) electrons. The van der Waals surface area contributed by atoms with Gasteiger partial charge in [0.2, 0.25) is 0 Å². The average Bonchev–Trinajstić information content (AvgIpc) is 2.67. The predicted octanol–water partition coefficient (Wildman–Crippen LogP) is 6.60. The highest BCUT2D eigenvalue weighted by molar-refractivity contribution is 5.92. The van der Waals surface area contributed by atoms with Gasteiger partial charge in [0.1, 0.15) is 22.9 Å². The summed E-state index contributed by atoms with van der Waals surface area (Å²) in [6.07, 6.45) is 0. The van der Waals surface area contributed by atoms with Gasteiger partial charge in [0.05, 0.1) is 0 Å². The van der Waals surface area contributed by atoms with Crippen molar-refractivity contribution in [3.05, 3.63) is 88.7 Å². The van der Waals surface area contributed by atoms with Gasteiger partial charge in [-0.05, 0) is 30.2 Å². The Bertz CT molecular complexity index is 984. The number of hydrogen-bond acceptors (Lipinski definition) is 2. The number of hydrogen-bond donors (Lipinski definition) is 0. The zero-order valence-corrected chi connectivity index (χ0v) is 15.8. The number of esters is 1. The second-order valence-electron chi connectivity index (χ2n) is 5.77. The molecule has 0 bridgehead atoms. The van der Waals surface area contributed by atoms with Crippen LogP contribution in [0.15, 0.2) is 48.5 Å². The van der Waals surface area contributed by atoms with E-state index in [2.05, 4.69) is 4.74 Å². The Kier molecular flexibility index (Phi) is 7.09. The van der Waals surface area contributed by atoms with Gasteiger partial charge >= 0.3 is 5.97 Å². The first-order chi connectivity index (χ1) is 13.8. The van der Waals surface area contributed by atoms with Gasteiger partial charge in [0, 0.05) is 12.1 Å². The summed E-state index contributed by atoms with van der Waals surface area (Å²) in [6, 6.07) is 9.50. The summed E-state index contributed by atoms with van der Waals surface area (Å²) in [7, 11) is 0. The van der Waals surface area contributed by atoms with E-state index >= 15 is 0 Å². The molecule has 0 N–H and O–H groups in total. The van der Waals surface area contributed by atoms with Crippen LogP contribution in [-0.4, -0.2) is 5.97 Å². The van der Waals surface area contributed by atoms with Crippen molar-refractivity contribution in [2.75, 3.05) is 0 Å². The van der Waals surface area contributed by atoms with Crippen molar-refractivity contribution in [1.29, 1.82) is 0 Å². The molecule has 0 heterocycles. The highest BCUT2D eigenvalue weighted by atomic mass is 19.2. The van der Waals surface area contributed by atoms with Crippen molar-refractivity contribution >= 4 is 5.97 Å². The van der Waals surface area contributed by atoms with Crippen molar-refractivity contribution in [1.82, 2.24) is 0 Å². The van der Waals surface area contributed by atoms with Gasteiger partial charge in [0.25, 0.3) is 0 Å². The first-order valence-electron chi connectivity index (χ1n) is 8.69. The number of rotatable bonds is 3. The van der Waals surface area contributed by atoms with Gasteiger partial charge in [-0.1, -0.05) is 43.7 Å². The Hall–Kier alpha value is -3.22. The van der Waals surface area contributed by atoms with E-state index in [4.69, 9.17) is 0 Å². The largest absolute Gasteiger partial charge is 0.423 e. The molecule has 0 unspecified atom stereocenters. The summed E-state index contributed by atoms with van der Waals surface area (Å²) in [6.45, 7) is 5.85.